The Balaban J connectivity index is 1.38. The molecule has 0 bridgehead atoms. The number of hydrogen-bond acceptors (Lipinski definition) is 3. The molecule has 2 saturated heterocycles. The predicted molar refractivity (Wildman–Crippen MR) is 107 cm³/mol. The van der Waals surface area contributed by atoms with Crippen LogP contribution in [0.15, 0.2) is 24.3 Å². The molecule has 1 saturated carbocycles. The van der Waals surface area contributed by atoms with Crippen LogP contribution in [0, 0.1) is 0 Å². The van der Waals surface area contributed by atoms with Crippen LogP contribution in [0.1, 0.15) is 45.4 Å². The summed E-state index contributed by atoms with van der Waals surface area (Å²) >= 11 is 0. The molecule has 0 spiro atoms. The van der Waals surface area contributed by atoms with Gasteiger partial charge in [-0.1, -0.05) is 18.9 Å². The summed E-state index contributed by atoms with van der Waals surface area (Å²) < 4.78 is 0. The second kappa shape index (κ2) is 7.81. The van der Waals surface area contributed by atoms with Crippen LogP contribution in [-0.4, -0.2) is 59.4 Å². The number of carbonyl (C=O) groups is 3. The van der Waals surface area contributed by atoms with E-state index in [1.165, 1.54) is 12.8 Å². The van der Waals surface area contributed by atoms with Crippen LogP contribution in [0.25, 0.3) is 0 Å². The molecule has 4 amide bonds. The normalized spacial score (nSPS) is 23.6. The Morgan fingerprint density at radius 2 is 1.86 bits per heavy atom. The molecule has 0 radical (unpaired) electrons. The standard InChI is InChI=1S/C21H28N4O3/c1-15-9-10-19(26)25(15)18-8-4-5-16(13-18)22-21(28)23-11-12-24(20(27)14-23)17-6-2-3-7-17/h4-5,8,13,15,17H,2-3,6-7,9-12,14H2,1H3,(H,22,28). The van der Waals surface area contributed by atoms with Gasteiger partial charge >= 0.3 is 6.03 Å². The highest BCUT2D eigenvalue weighted by Crippen LogP contribution is 2.29. The van der Waals surface area contributed by atoms with E-state index in [4.69, 9.17) is 0 Å². The molecule has 2 heterocycles. The first-order valence-corrected chi connectivity index (χ1v) is 10.3. The molecule has 1 unspecified atom stereocenters. The Labute approximate surface area is 165 Å². The summed E-state index contributed by atoms with van der Waals surface area (Å²) in [6.07, 6.45) is 5.95. The smallest absolute Gasteiger partial charge is 0.322 e. The van der Waals surface area contributed by atoms with Crippen molar-refractivity contribution in [1.82, 2.24) is 9.80 Å². The summed E-state index contributed by atoms with van der Waals surface area (Å²) in [4.78, 5) is 42.6. The maximum atomic E-state index is 12.7. The maximum Gasteiger partial charge on any atom is 0.322 e. The molecule has 7 nitrogen and oxygen atoms in total. The number of nitrogens with zero attached hydrogens (tertiary/aromatic N) is 3. The fourth-order valence-corrected chi connectivity index (χ4v) is 4.62. The second-order valence-electron chi connectivity index (χ2n) is 8.08. The third-order valence-corrected chi connectivity index (χ3v) is 6.17. The van der Waals surface area contributed by atoms with Gasteiger partial charge < -0.3 is 20.0 Å². The van der Waals surface area contributed by atoms with E-state index in [9.17, 15) is 14.4 Å². The molecule has 1 atom stereocenters. The lowest BCUT2D eigenvalue weighted by molar-refractivity contribution is -0.137. The van der Waals surface area contributed by atoms with Gasteiger partial charge in [-0.05, 0) is 44.4 Å². The van der Waals surface area contributed by atoms with Crippen LogP contribution >= 0.6 is 0 Å². The van der Waals surface area contributed by atoms with Crippen molar-refractivity contribution >= 4 is 29.2 Å². The highest BCUT2D eigenvalue weighted by Gasteiger charge is 2.33. The predicted octanol–water partition coefficient (Wildman–Crippen LogP) is 2.82. The van der Waals surface area contributed by atoms with Crippen molar-refractivity contribution in [3.05, 3.63) is 24.3 Å². The van der Waals surface area contributed by atoms with Crippen molar-refractivity contribution in [2.75, 3.05) is 29.9 Å². The molecule has 7 heteroatoms. The SMILES string of the molecule is CC1CCC(=O)N1c1cccc(NC(=O)N2CCN(C3CCCC3)C(=O)C2)c1. The van der Waals surface area contributed by atoms with Crippen LogP contribution < -0.4 is 10.2 Å². The average molecular weight is 384 g/mol. The monoisotopic (exact) mass is 384 g/mol. The Hall–Kier alpha value is -2.57. The van der Waals surface area contributed by atoms with Crippen LogP contribution in [0.3, 0.4) is 0 Å². The Bertz CT molecular complexity index is 775. The molecule has 4 rings (SSSR count). The topological polar surface area (TPSA) is 73.0 Å². The summed E-state index contributed by atoms with van der Waals surface area (Å²) in [5, 5.41) is 2.89. The van der Waals surface area contributed by atoms with Crippen LogP contribution in [-0.2, 0) is 9.59 Å². The molecular weight excluding hydrogens is 356 g/mol. The van der Waals surface area contributed by atoms with Crippen LogP contribution in [0.5, 0.6) is 0 Å². The highest BCUT2D eigenvalue weighted by molar-refractivity contribution is 5.98. The molecular formula is C21H28N4O3. The van der Waals surface area contributed by atoms with Gasteiger partial charge in [-0.3, -0.25) is 9.59 Å². The number of carbonyl (C=O) groups excluding carboxylic acids is 3. The van der Waals surface area contributed by atoms with E-state index in [-0.39, 0.29) is 30.4 Å². The lowest BCUT2D eigenvalue weighted by atomic mass is 10.2. The molecule has 3 aliphatic rings. The summed E-state index contributed by atoms with van der Waals surface area (Å²) in [7, 11) is 0. The van der Waals surface area contributed by atoms with E-state index < -0.39 is 0 Å². The molecule has 1 aliphatic carbocycles. The quantitative estimate of drug-likeness (QED) is 0.871. The minimum atomic E-state index is -0.266. The van der Waals surface area contributed by atoms with Crippen molar-refractivity contribution in [3.8, 4) is 0 Å². The number of urea groups is 1. The van der Waals surface area contributed by atoms with Crippen LogP contribution in [0.2, 0.25) is 0 Å². The van der Waals surface area contributed by atoms with E-state index in [1.54, 1.807) is 9.80 Å². The highest BCUT2D eigenvalue weighted by atomic mass is 16.2. The largest absolute Gasteiger partial charge is 0.336 e. The lowest BCUT2D eigenvalue weighted by Crippen LogP contribution is -2.55. The van der Waals surface area contributed by atoms with Crippen molar-refractivity contribution < 1.29 is 14.4 Å². The first kappa shape index (κ1) is 18.8. The van der Waals surface area contributed by atoms with E-state index in [1.807, 2.05) is 36.1 Å². The zero-order valence-electron chi connectivity index (χ0n) is 16.4. The van der Waals surface area contributed by atoms with E-state index in [2.05, 4.69) is 5.32 Å². The van der Waals surface area contributed by atoms with Gasteiger partial charge in [0.2, 0.25) is 11.8 Å². The first-order valence-electron chi connectivity index (χ1n) is 10.3. The van der Waals surface area contributed by atoms with Crippen molar-refractivity contribution in [1.29, 1.82) is 0 Å². The molecule has 28 heavy (non-hydrogen) atoms. The van der Waals surface area contributed by atoms with E-state index >= 15 is 0 Å². The first-order chi connectivity index (χ1) is 13.5. The molecule has 1 aromatic carbocycles. The number of anilines is 2. The maximum absolute atomic E-state index is 12.7. The molecule has 150 valence electrons. The molecule has 0 aromatic heterocycles. The fourth-order valence-electron chi connectivity index (χ4n) is 4.62. The third-order valence-electron chi connectivity index (χ3n) is 6.17. The number of rotatable bonds is 3. The minimum Gasteiger partial charge on any atom is -0.336 e. The number of benzene rings is 1. The zero-order valence-corrected chi connectivity index (χ0v) is 16.4. The zero-order chi connectivity index (χ0) is 19.7. The van der Waals surface area contributed by atoms with Gasteiger partial charge in [0.1, 0.15) is 6.54 Å². The summed E-state index contributed by atoms with van der Waals surface area (Å²) in [6, 6.07) is 7.62. The molecule has 1 N–H and O–H groups in total. The second-order valence-corrected chi connectivity index (χ2v) is 8.08. The van der Waals surface area contributed by atoms with Gasteiger partial charge in [-0.25, -0.2) is 4.79 Å². The average Bonchev–Trinajstić information content (AvgIpc) is 3.32. The van der Waals surface area contributed by atoms with Crippen molar-refractivity contribution in [3.63, 3.8) is 0 Å². The van der Waals surface area contributed by atoms with E-state index in [0.717, 1.165) is 24.9 Å². The Morgan fingerprint density at radius 3 is 2.54 bits per heavy atom. The number of nitrogens with one attached hydrogen (secondary N) is 1. The fraction of sp³-hybridized carbons (Fsp3) is 0.571. The van der Waals surface area contributed by atoms with Crippen molar-refractivity contribution in [2.45, 2.75) is 57.5 Å². The Kier molecular flexibility index (Phi) is 5.24. The van der Waals surface area contributed by atoms with Gasteiger partial charge in [-0.15, -0.1) is 0 Å². The van der Waals surface area contributed by atoms with Gasteiger partial charge in [-0.2, -0.15) is 0 Å². The summed E-state index contributed by atoms with van der Waals surface area (Å²) in [5.74, 6) is 0.156. The van der Waals surface area contributed by atoms with Crippen molar-refractivity contribution in [2.24, 2.45) is 0 Å². The van der Waals surface area contributed by atoms with Crippen LogP contribution in [0.4, 0.5) is 16.2 Å². The van der Waals surface area contributed by atoms with Gasteiger partial charge in [0.05, 0.1) is 0 Å². The minimum absolute atomic E-state index is 0.0403. The molecule has 3 fully saturated rings. The lowest BCUT2D eigenvalue weighted by Gasteiger charge is -2.37. The Morgan fingerprint density at radius 1 is 1.07 bits per heavy atom. The summed E-state index contributed by atoms with van der Waals surface area (Å²) in [6.45, 7) is 3.32. The number of piperazine rings is 1. The van der Waals surface area contributed by atoms with E-state index in [0.29, 0.717) is 31.2 Å². The van der Waals surface area contributed by atoms with Gasteiger partial charge in [0, 0.05) is 43.0 Å². The van der Waals surface area contributed by atoms with Gasteiger partial charge in [0.15, 0.2) is 0 Å². The number of hydrogen-bond donors (Lipinski definition) is 1. The molecule has 1 aromatic rings. The molecule has 2 aliphatic heterocycles. The summed E-state index contributed by atoms with van der Waals surface area (Å²) in [5.41, 5.74) is 1.44. The third kappa shape index (κ3) is 3.70. The number of amides is 4. The van der Waals surface area contributed by atoms with Gasteiger partial charge in [0.25, 0.3) is 0 Å².